The van der Waals surface area contributed by atoms with Crippen molar-refractivity contribution in [3.8, 4) is 6.07 Å². The molecule has 0 aliphatic rings. The van der Waals surface area contributed by atoms with Gasteiger partial charge >= 0.3 is 5.97 Å². The van der Waals surface area contributed by atoms with Crippen molar-refractivity contribution in [3.63, 3.8) is 0 Å². The Morgan fingerprint density at radius 3 is 2.67 bits per heavy atom. The van der Waals surface area contributed by atoms with E-state index in [0.29, 0.717) is 6.42 Å². The first-order chi connectivity index (χ1) is 9.86. The van der Waals surface area contributed by atoms with E-state index >= 15 is 0 Å². The lowest BCUT2D eigenvalue weighted by Crippen LogP contribution is -2.37. The van der Waals surface area contributed by atoms with Crippen molar-refractivity contribution >= 4 is 27.6 Å². The first-order valence-corrected chi connectivity index (χ1v) is 7.95. The van der Waals surface area contributed by atoms with Gasteiger partial charge < -0.3 is 4.74 Å². The number of methoxy groups -OCH3 is 1. The van der Waals surface area contributed by atoms with Gasteiger partial charge in [0.15, 0.2) is 0 Å². The van der Waals surface area contributed by atoms with Crippen molar-refractivity contribution in [1.82, 2.24) is 4.31 Å². The minimum Gasteiger partial charge on any atom is -0.468 e. The molecule has 1 aromatic carbocycles. The lowest BCUT2D eigenvalue weighted by molar-refractivity contribution is -0.140. The number of nitriles is 1. The van der Waals surface area contributed by atoms with Gasteiger partial charge in [0.05, 0.1) is 23.8 Å². The molecule has 0 heterocycles. The second-order valence-electron chi connectivity index (χ2n) is 4.17. The maximum Gasteiger partial charge on any atom is 0.321 e. The van der Waals surface area contributed by atoms with Crippen LogP contribution in [0.2, 0.25) is 5.02 Å². The highest BCUT2D eigenvalue weighted by atomic mass is 35.5. The number of carbonyl (C=O) groups is 1. The molecule has 0 saturated carbocycles. The molecule has 0 aliphatic heterocycles. The Hall–Kier alpha value is -1.62. The number of rotatable bonds is 6. The molecule has 0 saturated heterocycles. The second kappa shape index (κ2) is 7.41. The van der Waals surface area contributed by atoms with E-state index < -0.39 is 22.5 Å². The number of esters is 1. The van der Waals surface area contributed by atoms with E-state index in [9.17, 15) is 13.2 Å². The van der Waals surface area contributed by atoms with Gasteiger partial charge in [-0.25, -0.2) is 8.42 Å². The Morgan fingerprint density at radius 2 is 2.14 bits per heavy atom. The zero-order valence-electron chi connectivity index (χ0n) is 11.7. The minimum atomic E-state index is -3.98. The Morgan fingerprint density at radius 1 is 1.48 bits per heavy atom. The van der Waals surface area contributed by atoms with Crippen LogP contribution >= 0.6 is 11.6 Å². The molecule has 0 amide bonds. The van der Waals surface area contributed by atoms with Crippen molar-refractivity contribution in [3.05, 3.63) is 28.8 Å². The monoisotopic (exact) mass is 330 g/mol. The molecule has 0 atom stereocenters. The van der Waals surface area contributed by atoms with E-state index in [2.05, 4.69) is 4.74 Å². The third-order valence-corrected chi connectivity index (χ3v) is 5.01. The van der Waals surface area contributed by atoms with Crippen LogP contribution in [-0.2, 0) is 19.6 Å². The summed E-state index contributed by atoms with van der Waals surface area (Å²) in [6.45, 7) is 1.53. The predicted molar refractivity (Wildman–Crippen MR) is 77.2 cm³/mol. The van der Waals surface area contributed by atoms with Crippen LogP contribution in [0.4, 0.5) is 0 Å². The number of sulfonamides is 1. The third-order valence-electron chi connectivity index (χ3n) is 2.68. The molecular weight excluding hydrogens is 316 g/mol. The van der Waals surface area contributed by atoms with Gasteiger partial charge in [0.2, 0.25) is 10.0 Å². The molecule has 1 aromatic rings. The first-order valence-electron chi connectivity index (χ1n) is 6.13. The smallest absolute Gasteiger partial charge is 0.321 e. The van der Waals surface area contributed by atoms with E-state index in [-0.39, 0.29) is 22.0 Å². The molecule has 0 N–H and O–H groups in total. The molecule has 0 unspecified atom stereocenters. The molecule has 1 rings (SSSR count). The average molecular weight is 331 g/mol. The quantitative estimate of drug-likeness (QED) is 0.742. The third kappa shape index (κ3) is 4.17. The lowest BCUT2D eigenvalue weighted by atomic mass is 10.2. The molecule has 0 aliphatic carbocycles. The molecule has 114 valence electrons. The van der Waals surface area contributed by atoms with E-state index in [1.54, 1.807) is 6.92 Å². The number of halogens is 1. The topological polar surface area (TPSA) is 87.5 Å². The van der Waals surface area contributed by atoms with Crippen molar-refractivity contribution in [2.75, 3.05) is 20.2 Å². The molecular formula is C13H15ClN2O4S. The maximum absolute atomic E-state index is 12.6. The summed E-state index contributed by atoms with van der Waals surface area (Å²) in [4.78, 5) is 11.2. The van der Waals surface area contributed by atoms with Crippen LogP contribution in [0.15, 0.2) is 23.1 Å². The lowest BCUT2D eigenvalue weighted by Gasteiger charge is -2.21. The average Bonchev–Trinajstić information content (AvgIpc) is 2.46. The van der Waals surface area contributed by atoms with E-state index in [0.717, 1.165) is 4.31 Å². The van der Waals surface area contributed by atoms with Gasteiger partial charge in [-0.15, -0.1) is 0 Å². The van der Waals surface area contributed by atoms with Gasteiger partial charge in [-0.1, -0.05) is 18.5 Å². The molecule has 0 spiro atoms. The van der Waals surface area contributed by atoms with Gasteiger partial charge in [0.25, 0.3) is 0 Å². The number of hydrogen-bond acceptors (Lipinski definition) is 5. The van der Waals surface area contributed by atoms with Gasteiger partial charge in [-0.2, -0.15) is 9.57 Å². The van der Waals surface area contributed by atoms with E-state index in [1.165, 1.54) is 25.3 Å². The fourth-order valence-corrected chi connectivity index (χ4v) is 3.63. The fraction of sp³-hybridized carbons (Fsp3) is 0.385. The van der Waals surface area contributed by atoms with Crippen LogP contribution in [-0.4, -0.2) is 38.9 Å². The predicted octanol–water partition coefficient (Wildman–Crippen LogP) is 1.79. The summed E-state index contributed by atoms with van der Waals surface area (Å²) in [6, 6.07) is 5.81. The number of benzene rings is 1. The summed E-state index contributed by atoms with van der Waals surface area (Å²) in [5, 5.41) is 8.87. The number of carbonyl (C=O) groups excluding carboxylic acids is 1. The van der Waals surface area contributed by atoms with Crippen LogP contribution in [0.5, 0.6) is 0 Å². The Kier molecular flexibility index (Phi) is 6.15. The molecule has 6 nitrogen and oxygen atoms in total. The van der Waals surface area contributed by atoms with Crippen LogP contribution in [0.1, 0.15) is 18.9 Å². The van der Waals surface area contributed by atoms with Crippen LogP contribution < -0.4 is 0 Å². The van der Waals surface area contributed by atoms with Crippen molar-refractivity contribution in [1.29, 1.82) is 5.26 Å². The molecule has 21 heavy (non-hydrogen) atoms. The van der Waals surface area contributed by atoms with Gasteiger partial charge in [0.1, 0.15) is 11.4 Å². The highest BCUT2D eigenvalue weighted by Gasteiger charge is 2.28. The minimum absolute atomic E-state index is 0.0000288. The summed E-state index contributed by atoms with van der Waals surface area (Å²) >= 11 is 5.92. The van der Waals surface area contributed by atoms with Gasteiger partial charge in [-0.3, -0.25) is 4.79 Å². The highest BCUT2D eigenvalue weighted by molar-refractivity contribution is 7.89. The maximum atomic E-state index is 12.6. The number of nitrogens with zero attached hydrogens (tertiary/aromatic N) is 2. The summed E-state index contributed by atoms with van der Waals surface area (Å²) in [5.41, 5.74) is 0.174. The van der Waals surface area contributed by atoms with Crippen LogP contribution in [0, 0.1) is 11.3 Å². The zero-order chi connectivity index (χ0) is 16.0. The summed E-state index contributed by atoms with van der Waals surface area (Å²) < 4.78 is 30.7. The summed E-state index contributed by atoms with van der Waals surface area (Å²) in [5.74, 6) is -0.667. The van der Waals surface area contributed by atoms with Gasteiger partial charge in [0, 0.05) is 6.54 Å². The number of ether oxygens (including phenoxy) is 1. The fourth-order valence-electron chi connectivity index (χ4n) is 1.65. The molecule has 0 aromatic heterocycles. The van der Waals surface area contributed by atoms with Crippen LogP contribution in [0.25, 0.3) is 0 Å². The molecule has 0 fully saturated rings. The Labute approximate surface area is 128 Å². The van der Waals surface area contributed by atoms with Crippen molar-refractivity contribution in [2.45, 2.75) is 18.2 Å². The van der Waals surface area contributed by atoms with Crippen molar-refractivity contribution in [2.24, 2.45) is 0 Å². The normalized spacial score (nSPS) is 11.2. The summed E-state index contributed by atoms with van der Waals surface area (Å²) in [6.07, 6.45) is 0.520. The standard InChI is InChI=1S/C13H15ClN2O4S/c1-3-6-16(9-13(17)20-2)21(18,19)12-7-10(8-15)4-5-11(12)14/h4-5,7H,3,6,9H2,1-2H3. The first kappa shape index (κ1) is 17.4. The molecule has 0 bridgehead atoms. The Bertz CT molecular complexity index is 667. The highest BCUT2D eigenvalue weighted by Crippen LogP contribution is 2.26. The molecule has 0 radical (unpaired) electrons. The summed E-state index contributed by atoms with van der Waals surface area (Å²) in [7, 11) is -2.80. The van der Waals surface area contributed by atoms with E-state index in [4.69, 9.17) is 16.9 Å². The zero-order valence-corrected chi connectivity index (χ0v) is 13.2. The molecule has 8 heteroatoms. The number of hydrogen-bond donors (Lipinski definition) is 0. The van der Waals surface area contributed by atoms with Gasteiger partial charge in [-0.05, 0) is 24.6 Å². The Balaban J connectivity index is 3.29. The second-order valence-corrected chi connectivity index (χ2v) is 6.49. The largest absolute Gasteiger partial charge is 0.468 e. The van der Waals surface area contributed by atoms with Crippen LogP contribution in [0.3, 0.4) is 0 Å². The van der Waals surface area contributed by atoms with E-state index in [1.807, 2.05) is 6.07 Å². The van der Waals surface area contributed by atoms with Crippen molar-refractivity contribution < 1.29 is 17.9 Å². The SMILES string of the molecule is CCCN(CC(=O)OC)S(=O)(=O)c1cc(C#N)ccc1Cl.